The molecule has 0 spiro atoms. The molecule has 1 aromatic heterocycles. The first-order valence-corrected chi connectivity index (χ1v) is 8.13. The molecule has 4 heteroatoms. The highest BCUT2D eigenvalue weighted by molar-refractivity contribution is 6.20. The quantitative estimate of drug-likeness (QED) is 0.811. The Morgan fingerprint density at radius 2 is 2.00 bits per heavy atom. The van der Waals surface area contributed by atoms with Gasteiger partial charge in [0.1, 0.15) is 0 Å². The van der Waals surface area contributed by atoms with E-state index in [1.54, 1.807) is 0 Å². The van der Waals surface area contributed by atoms with Gasteiger partial charge in [0, 0.05) is 30.4 Å². The summed E-state index contributed by atoms with van der Waals surface area (Å²) in [7, 11) is 0. The molecule has 1 N–H and O–H groups in total. The van der Waals surface area contributed by atoms with Crippen LogP contribution in [-0.4, -0.2) is 21.7 Å². The van der Waals surface area contributed by atoms with Crippen LogP contribution in [0.2, 0.25) is 0 Å². The fourth-order valence-corrected chi connectivity index (χ4v) is 3.22. The van der Waals surface area contributed by atoms with Crippen LogP contribution in [0.25, 0.3) is 10.9 Å². The average Bonchev–Trinajstić information content (AvgIpc) is 2.75. The minimum absolute atomic E-state index is 0.157. The van der Waals surface area contributed by atoms with Crippen molar-refractivity contribution in [2.75, 3.05) is 6.54 Å². The maximum absolute atomic E-state index is 6.39. The molecule has 1 atom stereocenters. The van der Waals surface area contributed by atoms with Gasteiger partial charge in [-0.1, -0.05) is 39.0 Å². The van der Waals surface area contributed by atoms with Gasteiger partial charge in [-0.15, -0.1) is 11.6 Å². The molecule has 0 radical (unpaired) electrons. The van der Waals surface area contributed by atoms with Crippen molar-refractivity contribution in [1.82, 2.24) is 15.1 Å². The second-order valence-electron chi connectivity index (χ2n) is 6.77. The molecule has 2 aromatic rings. The lowest BCUT2D eigenvalue weighted by molar-refractivity contribution is 0.364. The van der Waals surface area contributed by atoms with E-state index in [9.17, 15) is 0 Å². The smallest absolute Gasteiger partial charge is 0.0841 e. The van der Waals surface area contributed by atoms with E-state index in [0.717, 1.165) is 31.7 Å². The van der Waals surface area contributed by atoms with Gasteiger partial charge in [0.25, 0.3) is 0 Å². The van der Waals surface area contributed by atoms with Crippen molar-refractivity contribution in [1.29, 1.82) is 0 Å². The summed E-state index contributed by atoms with van der Waals surface area (Å²) >= 11 is 6.39. The molecule has 0 amide bonds. The summed E-state index contributed by atoms with van der Waals surface area (Å²) in [5.74, 6) is 0. The Morgan fingerprint density at radius 3 is 2.67 bits per heavy atom. The van der Waals surface area contributed by atoms with Crippen LogP contribution in [-0.2, 0) is 13.1 Å². The minimum atomic E-state index is 0.157. The topological polar surface area (TPSA) is 29.9 Å². The SMILES string of the molecule is CCn1nc(CNCC(Cl)CC(C)(C)C)c2ccccc21. The zero-order valence-corrected chi connectivity index (χ0v) is 14.2. The van der Waals surface area contributed by atoms with Gasteiger partial charge in [-0.05, 0) is 24.8 Å². The van der Waals surface area contributed by atoms with E-state index < -0.39 is 0 Å². The number of rotatable bonds is 6. The molecule has 0 saturated carbocycles. The van der Waals surface area contributed by atoms with Crippen molar-refractivity contribution in [3.63, 3.8) is 0 Å². The number of nitrogens with zero attached hydrogens (tertiary/aromatic N) is 2. The molecule has 21 heavy (non-hydrogen) atoms. The normalized spacial score (nSPS) is 13.8. The number of hydrogen-bond acceptors (Lipinski definition) is 2. The lowest BCUT2D eigenvalue weighted by Gasteiger charge is -2.21. The molecular weight excluding hydrogens is 282 g/mol. The fourth-order valence-electron chi connectivity index (χ4n) is 2.65. The van der Waals surface area contributed by atoms with E-state index in [1.165, 1.54) is 10.9 Å². The summed E-state index contributed by atoms with van der Waals surface area (Å²) in [4.78, 5) is 0. The van der Waals surface area contributed by atoms with Crippen LogP contribution in [0.1, 0.15) is 39.8 Å². The summed E-state index contributed by atoms with van der Waals surface area (Å²) in [5.41, 5.74) is 2.57. The van der Waals surface area contributed by atoms with E-state index in [1.807, 2.05) is 0 Å². The van der Waals surface area contributed by atoms with E-state index in [2.05, 4.69) is 62.0 Å². The highest BCUT2D eigenvalue weighted by Crippen LogP contribution is 2.23. The number of benzene rings is 1. The number of alkyl halides is 1. The Balaban J connectivity index is 1.98. The largest absolute Gasteiger partial charge is 0.310 e. The van der Waals surface area contributed by atoms with Crippen LogP contribution in [0.3, 0.4) is 0 Å². The van der Waals surface area contributed by atoms with Crippen LogP contribution in [0, 0.1) is 5.41 Å². The van der Waals surface area contributed by atoms with Crippen molar-refractivity contribution in [2.45, 2.75) is 52.6 Å². The van der Waals surface area contributed by atoms with Crippen molar-refractivity contribution in [3.05, 3.63) is 30.0 Å². The van der Waals surface area contributed by atoms with Gasteiger partial charge in [-0.3, -0.25) is 4.68 Å². The number of para-hydroxylation sites is 1. The predicted molar refractivity (Wildman–Crippen MR) is 90.8 cm³/mol. The van der Waals surface area contributed by atoms with Crippen molar-refractivity contribution < 1.29 is 0 Å². The van der Waals surface area contributed by atoms with E-state index in [-0.39, 0.29) is 10.8 Å². The molecule has 0 fully saturated rings. The number of aromatic nitrogens is 2. The number of fused-ring (bicyclic) bond motifs is 1. The third kappa shape index (κ3) is 4.45. The van der Waals surface area contributed by atoms with Crippen LogP contribution in [0.4, 0.5) is 0 Å². The third-order valence-corrected chi connectivity index (χ3v) is 3.83. The first-order chi connectivity index (χ1) is 9.90. The zero-order chi connectivity index (χ0) is 15.5. The van der Waals surface area contributed by atoms with Crippen molar-refractivity contribution >= 4 is 22.5 Å². The standard InChI is InChI=1S/C17H26ClN3/c1-5-21-16-9-7-6-8-14(16)15(20-21)12-19-11-13(18)10-17(2,3)4/h6-9,13,19H,5,10-12H2,1-4H3. The number of aryl methyl sites for hydroxylation is 1. The van der Waals surface area contributed by atoms with Gasteiger partial charge >= 0.3 is 0 Å². The first-order valence-electron chi connectivity index (χ1n) is 7.70. The number of nitrogens with one attached hydrogen (secondary N) is 1. The summed E-state index contributed by atoms with van der Waals surface area (Å²) < 4.78 is 2.06. The molecule has 0 aliphatic rings. The summed E-state index contributed by atoms with van der Waals surface area (Å²) in [6.45, 7) is 11.3. The van der Waals surface area contributed by atoms with Crippen LogP contribution >= 0.6 is 11.6 Å². The Labute approximate surface area is 132 Å². The summed E-state index contributed by atoms with van der Waals surface area (Å²) in [5, 5.41) is 9.52. The molecule has 0 bridgehead atoms. The van der Waals surface area contributed by atoms with Crippen molar-refractivity contribution in [3.8, 4) is 0 Å². The monoisotopic (exact) mass is 307 g/mol. The predicted octanol–water partition coefficient (Wildman–Crippen LogP) is 4.19. The molecular formula is C17H26ClN3. The maximum atomic E-state index is 6.39. The van der Waals surface area contributed by atoms with Gasteiger partial charge in [0.15, 0.2) is 0 Å². The Morgan fingerprint density at radius 1 is 1.29 bits per heavy atom. The summed E-state index contributed by atoms with van der Waals surface area (Å²) in [6, 6.07) is 8.39. The van der Waals surface area contributed by atoms with Gasteiger partial charge in [-0.25, -0.2) is 0 Å². The van der Waals surface area contributed by atoms with Crippen LogP contribution in [0.5, 0.6) is 0 Å². The van der Waals surface area contributed by atoms with Gasteiger partial charge in [-0.2, -0.15) is 5.10 Å². The fraction of sp³-hybridized carbons (Fsp3) is 0.588. The molecule has 0 saturated heterocycles. The highest BCUT2D eigenvalue weighted by Gasteiger charge is 2.17. The molecule has 3 nitrogen and oxygen atoms in total. The Hall–Kier alpha value is -1.06. The van der Waals surface area contributed by atoms with E-state index >= 15 is 0 Å². The van der Waals surface area contributed by atoms with E-state index in [4.69, 9.17) is 16.7 Å². The Kier molecular flexibility index (Phi) is 5.28. The highest BCUT2D eigenvalue weighted by atomic mass is 35.5. The molecule has 1 unspecified atom stereocenters. The van der Waals surface area contributed by atoms with Gasteiger partial charge in [0.2, 0.25) is 0 Å². The van der Waals surface area contributed by atoms with Crippen LogP contribution < -0.4 is 5.32 Å². The molecule has 1 heterocycles. The second-order valence-corrected chi connectivity index (χ2v) is 7.39. The molecule has 116 valence electrons. The zero-order valence-electron chi connectivity index (χ0n) is 13.5. The van der Waals surface area contributed by atoms with Gasteiger partial charge < -0.3 is 5.32 Å². The minimum Gasteiger partial charge on any atom is -0.310 e. The Bertz CT molecular complexity index is 583. The lowest BCUT2D eigenvalue weighted by atomic mass is 9.90. The van der Waals surface area contributed by atoms with Gasteiger partial charge in [0.05, 0.1) is 11.2 Å². The molecule has 2 rings (SSSR count). The average molecular weight is 308 g/mol. The van der Waals surface area contributed by atoms with Crippen LogP contribution in [0.15, 0.2) is 24.3 Å². The number of hydrogen-bond donors (Lipinski definition) is 1. The first kappa shape index (κ1) is 16.3. The summed E-state index contributed by atoms with van der Waals surface area (Å²) in [6.07, 6.45) is 1.01. The second kappa shape index (κ2) is 6.80. The lowest BCUT2D eigenvalue weighted by Crippen LogP contribution is -2.26. The molecule has 1 aromatic carbocycles. The number of halogens is 1. The molecule has 0 aliphatic carbocycles. The van der Waals surface area contributed by atoms with E-state index in [0.29, 0.717) is 0 Å². The molecule has 0 aliphatic heterocycles. The van der Waals surface area contributed by atoms with Crippen molar-refractivity contribution in [2.24, 2.45) is 5.41 Å². The third-order valence-electron chi connectivity index (χ3n) is 3.53. The maximum Gasteiger partial charge on any atom is 0.0841 e.